The van der Waals surface area contributed by atoms with Gasteiger partial charge in [0, 0.05) is 35.7 Å². The zero-order valence-electron chi connectivity index (χ0n) is 15.8. The third kappa shape index (κ3) is 2.92. The van der Waals surface area contributed by atoms with Gasteiger partial charge in [0.2, 0.25) is 0 Å². The van der Waals surface area contributed by atoms with Crippen molar-refractivity contribution in [3.63, 3.8) is 0 Å². The van der Waals surface area contributed by atoms with E-state index in [1.165, 1.54) is 0 Å². The van der Waals surface area contributed by atoms with Gasteiger partial charge in [-0.25, -0.2) is 4.98 Å². The van der Waals surface area contributed by atoms with Crippen molar-refractivity contribution < 1.29 is 0 Å². The van der Waals surface area contributed by atoms with Crippen LogP contribution in [0.25, 0.3) is 33.5 Å². The fraction of sp³-hybridized carbons (Fsp3) is 0.227. The van der Waals surface area contributed by atoms with Gasteiger partial charge in [-0.1, -0.05) is 12.1 Å². The highest BCUT2D eigenvalue weighted by Gasteiger charge is 2.25. The van der Waals surface area contributed by atoms with Crippen molar-refractivity contribution in [3.8, 4) is 22.6 Å². The van der Waals surface area contributed by atoms with Crippen molar-refractivity contribution in [1.29, 1.82) is 0 Å². The fourth-order valence-electron chi connectivity index (χ4n) is 3.76. The van der Waals surface area contributed by atoms with E-state index in [9.17, 15) is 0 Å². The smallest absolute Gasteiger partial charge is 0.0977 e. The van der Waals surface area contributed by atoms with E-state index in [-0.39, 0.29) is 0 Å². The van der Waals surface area contributed by atoms with Crippen LogP contribution >= 0.6 is 0 Å². The number of rotatable bonds is 4. The van der Waals surface area contributed by atoms with E-state index in [1.807, 2.05) is 31.3 Å². The van der Waals surface area contributed by atoms with Crippen LogP contribution in [0.4, 0.5) is 5.69 Å². The summed E-state index contributed by atoms with van der Waals surface area (Å²) in [6.45, 7) is 4.75. The van der Waals surface area contributed by atoms with Gasteiger partial charge in [0.1, 0.15) is 0 Å². The number of aromatic nitrogens is 4. The van der Waals surface area contributed by atoms with Crippen molar-refractivity contribution in [2.24, 2.45) is 11.7 Å². The van der Waals surface area contributed by atoms with Gasteiger partial charge in [0.15, 0.2) is 0 Å². The van der Waals surface area contributed by atoms with Gasteiger partial charge in [-0.15, -0.1) is 0 Å². The van der Waals surface area contributed by atoms with E-state index in [4.69, 9.17) is 5.73 Å². The first kappa shape index (κ1) is 16.9. The highest BCUT2D eigenvalue weighted by atomic mass is 15.2. The minimum absolute atomic E-state index is 0.593. The first-order valence-corrected chi connectivity index (χ1v) is 9.54. The Morgan fingerprint density at radius 1 is 1.14 bits per heavy atom. The zero-order chi connectivity index (χ0) is 19.1. The summed E-state index contributed by atoms with van der Waals surface area (Å²) < 4.78 is 0. The molecule has 0 atom stereocenters. The lowest BCUT2D eigenvalue weighted by atomic mass is 9.99. The van der Waals surface area contributed by atoms with Gasteiger partial charge >= 0.3 is 0 Å². The van der Waals surface area contributed by atoms with Crippen LogP contribution in [0, 0.1) is 12.8 Å². The van der Waals surface area contributed by atoms with Gasteiger partial charge in [0.25, 0.3) is 0 Å². The second-order valence-electron chi connectivity index (χ2n) is 7.40. The topological polar surface area (TPSA) is 83.7 Å². The molecule has 0 bridgehead atoms. The van der Waals surface area contributed by atoms with Crippen LogP contribution in [0.1, 0.15) is 5.69 Å². The Kier molecular flexibility index (Phi) is 4.06. The van der Waals surface area contributed by atoms with E-state index >= 15 is 0 Å². The lowest BCUT2D eigenvalue weighted by molar-refractivity contribution is 0.420. The number of aromatic amines is 1. The Labute approximate surface area is 163 Å². The predicted molar refractivity (Wildman–Crippen MR) is 112 cm³/mol. The number of aryl methyl sites for hydroxylation is 1. The maximum atomic E-state index is 5.75. The molecule has 6 nitrogen and oxygen atoms in total. The summed E-state index contributed by atoms with van der Waals surface area (Å²) in [6, 6.07) is 14.5. The first-order chi connectivity index (χ1) is 13.7. The zero-order valence-corrected chi connectivity index (χ0v) is 15.8. The van der Waals surface area contributed by atoms with Crippen molar-refractivity contribution in [1.82, 2.24) is 19.9 Å². The van der Waals surface area contributed by atoms with E-state index in [1.54, 1.807) is 6.33 Å². The molecule has 0 aliphatic carbocycles. The second kappa shape index (κ2) is 6.73. The number of pyridine rings is 2. The van der Waals surface area contributed by atoms with Crippen LogP contribution < -0.4 is 10.6 Å². The van der Waals surface area contributed by atoms with Crippen LogP contribution in [0.15, 0.2) is 55.0 Å². The Morgan fingerprint density at radius 2 is 2.04 bits per heavy atom. The number of H-pyrrole nitrogens is 1. The van der Waals surface area contributed by atoms with Crippen LogP contribution in [0.5, 0.6) is 0 Å². The lowest BCUT2D eigenvalue weighted by Gasteiger charge is -2.40. The van der Waals surface area contributed by atoms with Crippen LogP contribution in [-0.2, 0) is 0 Å². The molecule has 4 heterocycles. The molecule has 3 aromatic heterocycles. The number of hydrogen-bond donors (Lipinski definition) is 2. The maximum Gasteiger partial charge on any atom is 0.0977 e. The number of anilines is 1. The summed E-state index contributed by atoms with van der Waals surface area (Å²) in [4.78, 5) is 19.4. The van der Waals surface area contributed by atoms with Crippen molar-refractivity contribution in [2.75, 3.05) is 24.5 Å². The molecule has 0 radical (unpaired) electrons. The second-order valence-corrected chi connectivity index (χ2v) is 7.40. The molecular weight excluding hydrogens is 348 g/mol. The van der Waals surface area contributed by atoms with E-state index in [2.05, 4.69) is 49.1 Å². The summed E-state index contributed by atoms with van der Waals surface area (Å²) in [6.07, 6.45) is 3.67. The Bertz CT molecular complexity index is 1140. The molecule has 1 aliphatic heterocycles. The number of nitrogens with one attached hydrogen (secondary N) is 1. The van der Waals surface area contributed by atoms with Gasteiger partial charge in [-0.05, 0) is 43.8 Å². The van der Waals surface area contributed by atoms with Crippen molar-refractivity contribution in [2.45, 2.75) is 6.92 Å². The third-order valence-corrected chi connectivity index (χ3v) is 5.38. The van der Waals surface area contributed by atoms with E-state index < -0.39 is 0 Å². The molecule has 1 saturated heterocycles. The molecule has 1 fully saturated rings. The summed E-state index contributed by atoms with van der Waals surface area (Å²) in [5, 5.41) is 1.11. The molecule has 1 aliphatic rings. The molecule has 0 spiro atoms. The highest BCUT2D eigenvalue weighted by molar-refractivity contribution is 5.88. The van der Waals surface area contributed by atoms with Gasteiger partial charge in [-0.2, -0.15) is 0 Å². The average Bonchev–Trinajstić information content (AvgIpc) is 3.16. The number of nitrogens with two attached hydrogens (primary N) is 1. The number of nitrogens with zero attached hydrogens (tertiary/aromatic N) is 4. The van der Waals surface area contributed by atoms with Crippen molar-refractivity contribution in [3.05, 3.63) is 60.7 Å². The largest absolute Gasteiger partial charge is 0.369 e. The summed E-state index contributed by atoms with van der Waals surface area (Å²) >= 11 is 0. The monoisotopic (exact) mass is 370 g/mol. The maximum absolute atomic E-state index is 5.75. The minimum Gasteiger partial charge on any atom is -0.369 e. The molecule has 1 aromatic carbocycles. The summed E-state index contributed by atoms with van der Waals surface area (Å²) in [5.74, 6) is 0.593. The van der Waals surface area contributed by atoms with Gasteiger partial charge < -0.3 is 15.6 Å². The van der Waals surface area contributed by atoms with Gasteiger partial charge in [-0.3, -0.25) is 9.97 Å². The summed E-state index contributed by atoms with van der Waals surface area (Å²) in [7, 11) is 0. The number of imidazole rings is 1. The SMILES string of the molecule is Cc1cccc(-c2[nH]cnc2-c2ccc3ncc(N4CC(CN)C4)cc3c2)n1. The molecular formula is C22H22N6. The normalized spacial score (nSPS) is 14.4. The van der Waals surface area contributed by atoms with E-state index in [0.29, 0.717) is 5.92 Å². The van der Waals surface area contributed by atoms with Crippen LogP contribution in [0.3, 0.4) is 0 Å². The highest BCUT2D eigenvalue weighted by Crippen LogP contribution is 2.32. The lowest BCUT2D eigenvalue weighted by Crippen LogP contribution is -2.50. The number of hydrogen-bond acceptors (Lipinski definition) is 5. The average molecular weight is 370 g/mol. The fourth-order valence-corrected chi connectivity index (χ4v) is 3.76. The predicted octanol–water partition coefficient (Wildman–Crippen LogP) is 3.39. The first-order valence-electron chi connectivity index (χ1n) is 9.54. The summed E-state index contributed by atoms with van der Waals surface area (Å²) in [5.41, 5.74) is 12.6. The van der Waals surface area contributed by atoms with E-state index in [0.717, 1.165) is 64.6 Å². The Hall–Kier alpha value is -3.25. The number of benzene rings is 1. The quantitative estimate of drug-likeness (QED) is 0.575. The molecule has 0 unspecified atom stereocenters. The molecule has 28 heavy (non-hydrogen) atoms. The van der Waals surface area contributed by atoms with Crippen molar-refractivity contribution >= 4 is 16.6 Å². The number of fused-ring (bicyclic) bond motifs is 1. The molecule has 0 saturated carbocycles. The molecule has 3 N–H and O–H groups in total. The Morgan fingerprint density at radius 3 is 2.86 bits per heavy atom. The van der Waals surface area contributed by atoms with Crippen LogP contribution in [0.2, 0.25) is 0 Å². The third-order valence-electron chi connectivity index (χ3n) is 5.38. The molecule has 6 heteroatoms. The minimum atomic E-state index is 0.593. The molecule has 5 rings (SSSR count). The molecule has 4 aromatic rings. The Balaban J connectivity index is 1.53. The van der Waals surface area contributed by atoms with Crippen LogP contribution in [-0.4, -0.2) is 39.6 Å². The standard InChI is InChI=1S/C22H22N6/c1-14-3-2-4-20(27-14)22-21(25-13-26-22)16-5-6-19-17(7-16)8-18(10-24-19)28-11-15(9-23)12-28/h2-8,10,13,15H,9,11-12,23H2,1H3,(H,25,26). The molecule has 0 amide bonds. The van der Waals surface area contributed by atoms with Gasteiger partial charge in [0.05, 0.1) is 40.8 Å². The molecule has 140 valence electrons.